The number of carbonyl (C=O) groups is 3. The van der Waals surface area contributed by atoms with Crippen molar-refractivity contribution >= 4 is 23.9 Å². The number of hydrogen-bond acceptors (Lipinski definition) is 10. The number of carbonyl (C=O) groups excluding carboxylic acids is 3. The van der Waals surface area contributed by atoms with Crippen molar-refractivity contribution in [2.24, 2.45) is 17.3 Å². The Hall–Kier alpha value is -3.81. The highest BCUT2D eigenvalue weighted by molar-refractivity contribution is 5.96. The lowest BCUT2D eigenvalue weighted by molar-refractivity contribution is -0.235. The van der Waals surface area contributed by atoms with E-state index in [0.717, 1.165) is 42.4 Å². The predicted octanol–water partition coefficient (Wildman–Crippen LogP) is 2.85. The molecule has 4 heterocycles. The minimum atomic E-state index is -1.34. The Kier molecular flexibility index (Phi) is 8.23. The number of amides is 2. The fourth-order valence-corrected chi connectivity index (χ4v) is 9.47. The molecule has 12 nitrogen and oxygen atoms in total. The number of nitrogens with one attached hydrogen (secondary N) is 1. The van der Waals surface area contributed by atoms with Gasteiger partial charge in [0, 0.05) is 31.3 Å². The van der Waals surface area contributed by atoms with Crippen LogP contribution < -0.4 is 5.32 Å². The van der Waals surface area contributed by atoms with Crippen LogP contribution in [0.3, 0.4) is 0 Å². The molecule has 7 atom stereocenters. The summed E-state index contributed by atoms with van der Waals surface area (Å²) in [5.41, 5.74) is 1.31. The molecule has 270 valence electrons. The molecule has 7 aliphatic rings. The molecule has 2 amide bonds. The fraction of sp³-hybridized carbons (Fsp3) is 0.564. The van der Waals surface area contributed by atoms with E-state index < -0.39 is 53.7 Å². The zero-order valence-electron chi connectivity index (χ0n) is 28.5. The standard InChI is InChI=1S/C39H45N3O9/c43-19-17-40-35(45)28-11-5-18-41(28)37(47)38-21-30-31-32(50-39(49-31,26-13-14-26)27-15-16-27)34(38)51-42(33(38)36(46)48-30)22-24-8-3-6-23(20-24)7-4-10-25-9-1-2-12-29(25)44/h1-4,6-9,12,20,26-28,30-34,43-44H,5,10-11,13-19,21-22H2,(H,40,45). The number of fused-ring (bicyclic) bond motifs is 4. The van der Waals surface area contributed by atoms with Crippen LogP contribution in [0.4, 0.5) is 0 Å². The van der Waals surface area contributed by atoms with Crippen LogP contribution in [0.1, 0.15) is 61.6 Å². The second-order valence-electron chi connectivity index (χ2n) is 15.3. The third-order valence-electron chi connectivity index (χ3n) is 12.0. The highest BCUT2D eigenvalue weighted by Crippen LogP contribution is 2.64. The van der Waals surface area contributed by atoms with Gasteiger partial charge >= 0.3 is 5.97 Å². The van der Waals surface area contributed by atoms with Crippen LogP contribution >= 0.6 is 0 Å². The van der Waals surface area contributed by atoms with Gasteiger partial charge in [0.05, 0.1) is 13.2 Å². The van der Waals surface area contributed by atoms with Crippen molar-refractivity contribution in [3.05, 3.63) is 71.3 Å². The van der Waals surface area contributed by atoms with Gasteiger partial charge in [-0.3, -0.25) is 19.2 Å². The van der Waals surface area contributed by atoms with Crippen LogP contribution in [-0.4, -0.2) is 99.9 Å². The lowest BCUT2D eigenvalue weighted by atomic mass is 9.62. The summed E-state index contributed by atoms with van der Waals surface area (Å²) in [7, 11) is 0. The smallest absolute Gasteiger partial charge is 0.327 e. The molecule has 51 heavy (non-hydrogen) atoms. The summed E-state index contributed by atoms with van der Waals surface area (Å²) in [5.74, 6) is -1.09. The van der Waals surface area contributed by atoms with Crippen LogP contribution in [0, 0.1) is 17.3 Å². The van der Waals surface area contributed by atoms with Crippen molar-refractivity contribution in [2.45, 2.75) is 100 Å². The number of aliphatic hydroxyl groups is 1. The van der Waals surface area contributed by atoms with Gasteiger partial charge in [-0.1, -0.05) is 54.6 Å². The van der Waals surface area contributed by atoms with Crippen LogP contribution in [0.2, 0.25) is 0 Å². The number of phenols is 1. The topological polar surface area (TPSA) is 147 Å². The molecule has 12 heteroatoms. The van der Waals surface area contributed by atoms with Gasteiger partial charge in [0.15, 0.2) is 11.8 Å². The van der Waals surface area contributed by atoms with Gasteiger partial charge in [0.25, 0.3) is 0 Å². The summed E-state index contributed by atoms with van der Waals surface area (Å²) < 4.78 is 20.0. The molecule has 0 aromatic heterocycles. The lowest BCUT2D eigenvalue weighted by Crippen LogP contribution is -2.70. The molecule has 9 rings (SSSR count). The first-order valence-corrected chi connectivity index (χ1v) is 18.5. The number of likely N-dealkylation sites (tertiary alicyclic amines) is 1. The maximum atomic E-state index is 15.1. The Morgan fingerprint density at radius 1 is 1.00 bits per heavy atom. The molecule has 2 aromatic carbocycles. The number of para-hydroxylation sites is 1. The summed E-state index contributed by atoms with van der Waals surface area (Å²) in [6.45, 7) is 0.494. The van der Waals surface area contributed by atoms with E-state index in [1.165, 1.54) is 0 Å². The Morgan fingerprint density at radius 3 is 2.55 bits per heavy atom. The number of allylic oxidation sites excluding steroid dienone is 1. The first-order valence-electron chi connectivity index (χ1n) is 18.5. The van der Waals surface area contributed by atoms with E-state index in [9.17, 15) is 19.8 Å². The fourth-order valence-electron chi connectivity index (χ4n) is 9.47. The Labute approximate surface area is 296 Å². The summed E-state index contributed by atoms with van der Waals surface area (Å²) >= 11 is 0. The SMILES string of the molecule is O=C(NCCO)C1CCCN1C(=O)C12CC3OC(=O)C1N(Cc1cccc(C=CCc4ccccc4O)c1)OC2C1OC(C2CC2)(C2CC2)OC31. The maximum absolute atomic E-state index is 15.1. The number of aliphatic hydroxyl groups excluding tert-OH is 1. The number of hydrogen-bond donors (Lipinski definition) is 3. The molecular weight excluding hydrogens is 654 g/mol. The van der Waals surface area contributed by atoms with Gasteiger partial charge in [-0.2, -0.15) is 5.06 Å². The van der Waals surface area contributed by atoms with Crippen molar-refractivity contribution in [1.82, 2.24) is 15.3 Å². The summed E-state index contributed by atoms with van der Waals surface area (Å²) in [6.07, 6.45) is 7.30. The van der Waals surface area contributed by atoms with Crippen LogP contribution in [0.15, 0.2) is 54.6 Å². The minimum Gasteiger partial charge on any atom is -0.508 e. The molecule has 3 N–H and O–H groups in total. The molecule has 4 saturated heterocycles. The van der Waals surface area contributed by atoms with Gasteiger partial charge in [0.1, 0.15) is 41.6 Å². The second-order valence-corrected chi connectivity index (χ2v) is 15.3. The maximum Gasteiger partial charge on any atom is 0.327 e. The lowest BCUT2D eigenvalue weighted by Gasteiger charge is -2.50. The highest BCUT2D eigenvalue weighted by atomic mass is 16.8. The number of hydroxylamine groups is 2. The van der Waals surface area contributed by atoms with Crippen molar-refractivity contribution in [3.63, 3.8) is 0 Å². The molecule has 2 aromatic rings. The monoisotopic (exact) mass is 699 g/mol. The largest absolute Gasteiger partial charge is 0.508 e. The van der Waals surface area contributed by atoms with Gasteiger partial charge in [-0.25, -0.2) is 0 Å². The van der Waals surface area contributed by atoms with Crippen molar-refractivity contribution in [1.29, 1.82) is 0 Å². The molecule has 4 aliphatic heterocycles. The molecular formula is C39H45N3O9. The van der Waals surface area contributed by atoms with Crippen molar-refractivity contribution < 1.29 is 43.6 Å². The van der Waals surface area contributed by atoms with Crippen LogP contribution in [-0.2, 0) is 46.4 Å². The zero-order chi connectivity index (χ0) is 34.9. The summed E-state index contributed by atoms with van der Waals surface area (Å²) in [6, 6.07) is 13.4. The second kappa shape index (κ2) is 12.7. The molecule has 3 aliphatic carbocycles. The number of ether oxygens (including phenoxy) is 3. The first kappa shape index (κ1) is 33.1. The molecule has 7 fully saturated rings. The van der Waals surface area contributed by atoms with Crippen LogP contribution in [0.5, 0.6) is 5.75 Å². The summed E-state index contributed by atoms with van der Waals surface area (Å²) in [4.78, 5) is 51.0. The molecule has 7 unspecified atom stereocenters. The van der Waals surface area contributed by atoms with E-state index in [0.29, 0.717) is 25.8 Å². The summed E-state index contributed by atoms with van der Waals surface area (Å²) in [5, 5.41) is 23.9. The number of benzene rings is 2. The van der Waals surface area contributed by atoms with E-state index in [1.54, 1.807) is 22.1 Å². The first-order chi connectivity index (χ1) is 24.8. The number of phenolic OH excluding ortho intramolecular Hbond substituents is 1. The number of rotatable bonds is 11. The van der Waals surface area contributed by atoms with E-state index in [4.69, 9.17) is 19.0 Å². The Balaban J connectivity index is 1.04. The quantitative estimate of drug-likeness (QED) is 0.300. The van der Waals surface area contributed by atoms with Gasteiger partial charge in [0.2, 0.25) is 11.8 Å². The number of esters is 1. The molecule has 2 bridgehead atoms. The highest BCUT2D eigenvalue weighted by Gasteiger charge is 2.78. The average molecular weight is 700 g/mol. The van der Waals surface area contributed by atoms with Gasteiger partial charge in [-0.15, -0.1) is 0 Å². The van der Waals surface area contributed by atoms with E-state index >= 15 is 4.79 Å². The third kappa shape index (κ3) is 5.49. The van der Waals surface area contributed by atoms with Crippen molar-refractivity contribution in [2.75, 3.05) is 19.7 Å². The zero-order valence-corrected chi connectivity index (χ0v) is 28.5. The van der Waals surface area contributed by atoms with Gasteiger partial charge < -0.3 is 34.6 Å². The Morgan fingerprint density at radius 2 is 1.78 bits per heavy atom. The molecule has 0 spiro atoms. The number of nitrogens with zero attached hydrogens (tertiary/aromatic N) is 2. The van der Waals surface area contributed by atoms with Crippen LogP contribution in [0.25, 0.3) is 6.08 Å². The molecule has 0 radical (unpaired) electrons. The van der Waals surface area contributed by atoms with E-state index in [2.05, 4.69) is 5.32 Å². The van der Waals surface area contributed by atoms with Crippen molar-refractivity contribution in [3.8, 4) is 5.75 Å². The average Bonchev–Trinajstić information content (AvgIpc) is 4.05. The van der Waals surface area contributed by atoms with Gasteiger partial charge in [-0.05, 0) is 67.7 Å². The molecule has 3 saturated carbocycles. The third-order valence-corrected chi connectivity index (χ3v) is 12.0. The number of aromatic hydroxyl groups is 1. The van der Waals surface area contributed by atoms with E-state index in [1.807, 2.05) is 48.6 Å². The van der Waals surface area contributed by atoms with E-state index in [-0.39, 0.29) is 55.5 Å². The normalized spacial score (nSPS) is 33.7. The minimum absolute atomic E-state index is 0.0986. The predicted molar refractivity (Wildman–Crippen MR) is 181 cm³/mol. The Bertz CT molecular complexity index is 1730.